The number of carboxylic acids is 1. The Bertz CT molecular complexity index is 632. The van der Waals surface area contributed by atoms with Gasteiger partial charge in [-0.05, 0) is 18.6 Å². The van der Waals surface area contributed by atoms with Gasteiger partial charge in [0.25, 0.3) is 0 Å². The first-order valence-electron chi connectivity index (χ1n) is 6.18. The fraction of sp³-hybridized carbons (Fsp3) is 0.214. The molecule has 0 fully saturated rings. The number of hydrogen-bond acceptors (Lipinski definition) is 4. The van der Waals surface area contributed by atoms with E-state index in [0.717, 1.165) is 5.56 Å². The van der Waals surface area contributed by atoms with Crippen molar-refractivity contribution >= 4 is 23.4 Å². The van der Waals surface area contributed by atoms with Gasteiger partial charge in [0.05, 0.1) is 0 Å². The lowest BCUT2D eigenvalue weighted by molar-refractivity contribution is 0.0690. The largest absolute Gasteiger partial charge is 0.477 e. The number of aromatic nitrogens is 2. The van der Waals surface area contributed by atoms with Crippen LogP contribution < -0.4 is 5.32 Å². The maximum atomic E-state index is 11.1. The first-order chi connectivity index (χ1) is 9.60. The molecule has 0 radical (unpaired) electrons. The summed E-state index contributed by atoms with van der Waals surface area (Å²) in [4.78, 5) is 19.4. The van der Waals surface area contributed by atoms with Crippen LogP contribution in [0.15, 0.2) is 30.3 Å². The standard InChI is InChI=1S/C14H14ClN3O2/c1-2-16-12-8-11(14(19)20)17-13(18-12)7-9-5-3-4-6-10(9)15/h3-6,8H,2,7H2,1H3,(H,19,20)(H,16,17,18). The van der Waals surface area contributed by atoms with Gasteiger partial charge in [-0.2, -0.15) is 0 Å². The minimum Gasteiger partial charge on any atom is -0.477 e. The van der Waals surface area contributed by atoms with Crippen molar-refractivity contribution < 1.29 is 9.90 Å². The van der Waals surface area contributed by atoms with Crippen molar-refractivity contribution in [3.05, 3.63) is 52.4 Å². The van der Waals surface area contributed by atoms with E-state index in [2.05, 4.69) is 15.3 Å². The smallest absolute Gasteiger partial charge is 0.354 e. The maximum Gasteiger partial charge on any atom is 0.354 e. The Morgan fingerprint density at radius 1 is 1.35 bits per heavy atom. The molecule has 0 amide bonds. The van der Waals surface area contributed by atoms with E-state index < -0.39 is 5.97 Å². The Balaban J connectivity index is 2.35. The molecular weight excluding hydrogens is 278 g/mol. The Morgan fingerprint density at radius 3 is 2.75 bits per heavy atom. The summed E-state index contributed by atoms with van der Waals surface area (Å²) in [5.41, 5.74) is 0.831. The lowest BCUT2D eigenvalue weighted by Gasteiger charge is -2.08. The number of carbonyl (C=O) groups is 1. The van der Waals surface area contributed by atoms with E-state index in [-0.39, 0.29) is 5.69 Å². The summed E-state index contributed by atoms with van der Waals surface area (Å²) in [5.74, 6) is -0.150. The zero-order valence-corrected chi connectivity index (χ0v) is 11.7. The second-order valence-electron chi connectivity index (χ2n) is 4.16. The molecule has 5 nitrogen and oxygen atoms in total. The van der Waals surface area contributed by atoms with Crippen molar-refractivity contribution in [2.24, 2.45) is 0 Å². The third kappa shape index (κ3) is 3.45. The van der Waals surface area contributed by atoms with Crippen LogP contribution in [0, 0.1) is 0 Å². The topological polar surface area (TPSA) is 75.1 Å². The predicted octanol–water partition coefficient (Wildman–Crippen LogP) is 2.85. The molecule has 0 unspecified atom stereocenters. The van der Waals surface area contributed by atoms with Crippen LogP contribution in [0.5, 0.6) is 0 Å². The third-order valence-electron chi connectivity index (χ3n) is 2.66. The van der Waals surface area contributed by atoms with E-state index in [4.69, 9.17) is 16.7 Å². The second-order valence-corrected chi connectivity index (χ2v) is 4.57. The van der Waals surface area contributed by atoms with Gasteiger partial charge < -0.3 is 10.4 Å². The van der Waals surface area contributed by atoms with Crippen LogP contribution in [0.2, 0.25) is 5.02 Å². The van der Waals surface area contributed by atoms with E-state index in [0.29, 0.717) is 29.6 Å². The fourth-order valence-electron chi connectivity index (χ4n) is 1.77. The third-order valence-corrected chi connectivity index (χ3v) is 3.02. The highest BCUT2D eigenvalue weighted by molar-refractivity contribution is 6.31. The van der Waals surface area contributed by atoms with Gasteiger partial charge in [0.1, 0.15) is 11.6 Å². The summed E-state index contributed by atoms with van der Waals surface area (Å²) in [6.07, 6.45) is 0.388. The number of nitrogens with zero attached hydrogens (tertiary/aromatic N) is 2. The van der Waals surface area contributed by atoms with Gasteiger partial charge in [0, 0.05) is 24.1 Å². The molecule has 0 aliphatic heterocycles. The molecule has 1 heterocycles. The number of benzene rings is 1. The first-order valence-corrected chi connectivity index (χ1v) is 6.56. The van der Waals surface area contributed by atoms with E-state index in [1.54, 1.807) is 6.07 Å². The highest BCUT2D eigenvalue weighted by Crippen LogP contribution is 2.18. The summed E-state index contributed by atoms with van der Waals surface area (Å²) < 4.78 is 0. The zero-order chi connectivity index (χ0) is 14.5. The minimum atomic E-state index is -1.08. The molecule has 0 saturated carbocycles. The summed E-state index contributed by atoms with van der Waals surface area (Å²) >= 11 is 6.09. The van der Waals surface area contributed by atoms with Gasteiger partial charge in [-0.3, -0.25) is 0 Å². The summed E-state index contributed by atoms with van der Waals surface area (Å²) in [5, 5.41) is 12.7. The van der Waals surface area contributed by atoms with Crippen molar-refractivity contribution in [3.63, 3.8) is 0 Å². The molecule has 0 aliphatic rings. The Morgan fingerprint density at radius 2 is 2.10 bits per heavy atom. The van der Waals surface area contributed by atoms with Crippen molar-refractivity contribution in [1.82, 2.24) is 9.97 Å². The molecule has 0 atom stereocenters. The van der Waals surface area contributed by atoms with Crippen molar-refractivity contribution in [3.8, 4) is 0 Å². The summed E-state index contributed by atoms with van der Waals surface area (Å²) in [7, 11) is 0. The number of hydrogen-bond donors (Lipinski definition) is 2. The average Bonchev–Trinajstić information content (AvgIpc) is 2.41. The fourth-order valence-corrected chi connectivity index (χ4v) is 1.97. The molecule has 0 saturated heterocycles. The molecular formula is C14H14ClN3O2. The number of nitrogens with one attached hydrogen (secondary N) is 1. The van der Waals surface area contributed by atoms with Crippen molar-refractivity contribution in [1.29, 1.82) is 0 Å². The van der Waals surface area contributed by atoms with E-state index in [1.807, 2.05) is 25.1 Å². The Hall–Kier alpha value is -2.14. The number of carboxylic acid groups (broad SMARTS) is 1. The van der Waals surface area contributed by atoms with E-state index >= 15 is 0 Å². The first kappa shape index (κ1) is 14.3. The van der Waals surface area contributed by atoms with Crippen LogP contribution >= 0.6 is 11.6 Å². The molecule has 0 aliphatic carbocycles. The monoisotopic (exact) mass is 291 g/mol. The SMILES string of the molecule is CCNc1cc(C(=O)O)nc(Cc2ccccc2Cl)n1. The van der Waals surface area contributed by atoms with E-state index in [9.17, 15) is 4.79 Å². The number of aromatic carboxylic acids is 1. The summed E-state index contributed by atoms with van der Waals surface area (Å²) in [6, 6.07) is 8.77. The maximum absolute atomic E-state index is 11.1. The van der Waals surface area contributed by atoms with Gasteiger partial charge in [0.15, 0.2) is 5.69 Å². The number of anilines is 1. The summed E-state index contributed by atoms with van der Waals surface area (Å²) in [6.45, 7) is 2.57. The van der Waals surface area contributed by atoms with E-state index in [1.165, 1.54) is 6.07 Å². The highest BCUT2D eigenvalue weighted by atomic mass is 35.5. The van der Waals surface area contributed by atoms with Gasteiger partial charge >= 0.3 is 5.97 Å². The lowest BCUT2D eigenvalue weighted by atomic mass is 10.1. The highest BCUT2D eigenvalue weighted by Gasteiger charge is 2.11. The Kier molecular flexibility index (Phi) is 4.53. The van der Waals surface area contributed by atoms with Gasteiger partial charge in [-0.1, -0.05) is 29.8 Å². The van der Waals surface area contributed by atoms with Gasteiger partial charge in [0.2, 0.25) is 0 Å². The molecule has 0 spiro atoms. The zero-order valence-electron chi connectivity index (χ0n) is 10.9. The second kappa shape index (κ2) is 6.34. The van der Waals surface area contributed by atoms with Crippen molar-refractivity contribution in [2.45, 2.75) is 13.3 Å². The normalized spacial score (nSPS) is 10.3. The molecule has 20 heavy (non-hydrogen) atoms. The molecule has 6 heteroatoms. The molecule has 2 aromatic rings. The number of rotatable bonds is 5. The van der Waals surface area contributed by atoms with Gasteiger partial charge in [-0.15, -0.1) is 0 Å². The quantitative estimate of drug-likeness (QED) is 0.886. The molecule has 1 aromatic heterocycles. The van der Waals surface area contributed by atoms with Crippen molar-refractivity contribution in [2.75, 3.05) is 11.9 Å². The van der Waals surface area contributed by atoms with Crippen LogP contribution in [-0.2, 0) is 6.42 Å². The molecule has 104 valence electrons. The number of halogens is 1. The Labute approximate surface area is 121 Å². The van der Waals surface area contributed by atoms with Crippen LogP contribution in [0.25, 0.3) is 0 Å². The predicted molar refractivity (Wildman–Crippen MR) is 77.4 cm³/mol. The molecule has 0 bridgehead atoms. The minimum absolute atomic E-state index is 0.0296. The average molecular weight is 292 g/mol. The molecule has 2 rings (SSSR count). The molecule has 2 N–H and O–H groups in total. The van der Waals surface area contributed by atoms with Crippen LogP contribution in [0.3, 0.4) is 0 Å². The van der Waals surface area contributed by atoms with Crippen LogP contribution in [-0.4, -0.2) is 27.6 Å². The van der Waals surface area contributed by atoms with Crippen LogP contribution in [0.4, 0.5) is 5.82 Å². The van der Waals surface area contributed by atoms with Crippen LogP contribution in [0.1, 0.15) is 28.8 Å². The lowest BCUT2D eigenvalue weighted by Crippen LogP contribution is -2.10. The molecule has 1 aromatic carbocycles. The van der Waals surface area contributed by atoms with Gasteiger partial charge in [-0.25, -0.2) is 14.8 Å².